The third kappa shape index (κ3) is 3.76. The summed E-state index contributed by atoms with van der Waals surface area (Å²) in [7, 11) is 0. The lowest BCUT2D eigenvalue weighted by atomic mass is 10.1. The summed E-state index contributed by atoms with van der Waals surface area (Å²) in [5.41, 5.74) is 1.37. The van der Waals surface area contributed by atoms with E-state index in [1.165, 1.54) is 24.8 Å². The van der Waals surface area contributed by atoms with Crippen LogP contribution in [0.4, 0.5) is 0 Å². The van der Waals surface area contributed by atoms with Crippen molar-refractivity contribution in [2.75, 3.05) is 19.7 Å². The van der Waals surface area contributed by atoms with Gasteiger partial charge in [0.2, 0.25) is 0 Å². The number of nitrogens with one attached hydrogen (secondary N) is 1. The van der Waals surface area contributed by atoms with Crippen LogP contribution in [-0.2, 0) is 4.74 Å². The molecule has 2 aliphatic heterocycles. The molecule has 3 rings (SSSR count). The molecule has 2 heterocycles. The lowest BCUT2D eigenvalue weighted by molar-refractivity contribution is 0.0122. The van der Waals surface area contributed by atoms with Crippen molar-refractivity contribution in [3.05, 3.63) is 35.9 Å². The molecule has 0 spiro atoms. The van der Waals surface area contributed by atoms with Gasteiger partial charge in [-0.1, -0.05) is 42.1 Å². The Balaban J connectivity index is 1.39. The number of thioether (sulfide) groups is 1. The molecule has 0 saturated carbocycles. The molecular weight excluding hydrogens is 268 g/mol. The average molecular weight is 290 g/mol. The minimum absolute atomic E-state index is 0.452. The van der Waals surface area contributed by atoms with E-state index < -0.39 is 0 Å². The predicted octanol–water partition coefficient (Wildman–Crippen LogP) is 3.38. The van der Waals surface area contributed by atoms with Crippen molar-refractivity contribution >= 4 is 16.9 Å². The fourth-order valence-electron chi connectivity index (χ4n) is 2.69. The van der Waals surface area contributed by atoms with Gasteiger partial charge in [-0.2, -0.15) is 0 Å². The highest BCUT2D eigenvalue weighted by atomic mass is 32.2. The van der Waals surface area contributed by atoms with Crippen molar-refractivity contribution in [2.24, 2.45) is 4.99 Å². The smallest absolute Gasteiger partial charge is 0.157 e. The lowest BCUT2D eigenvalue weighted by Crippen LogP contribution is -2.27. The van der Waals surface area contributed by atoms with E-state index >= 15 is 0 Å². The number of aliphatic imine (C=N–C) groups is 1. The van der Waals surface area contributed by atoms with Crippen LogP contribution in [0.3, 0.4) is 0 Å². The van der Waals surface area contributed by atoms with Gasteiger partial charge in [0.15, 0.2) is 5.17 Å². The van der Waals surface area contributed by atoms with Crippen molar-refractivity contribution in [1.29, 1.82) is 0 Å². The van der Waals surface area contributed by atoms with Gasteiger partial charge in [0.05, 0.1) is 17.9 Å². The molecule has 0 aromatic heterocycles. The molecule has 1 aromatic rings. The Bertz CT molecular complexity index is 443. The van der Waals surface area contributed by atoms with Crippen LogP contribution in [0, 0.1) is 0 Å². The molecule has 2 unspecified atom stereocenters. The van der Waals surface area contributed by atoms with Crippen LogP contribution < -0.4 is 5.32 Å². The molecule has 1 saturated heterocycles. The molecule has 0 radical (unpaired) electrons. The van der Waals surface area contributed by atoms with E-state index in [1.54, 1.807) is 0 Å². The molecule has 0 amide bonds. The summed E-state index contributed by atoms with van der Waals surface area (Å²) < 4.78 is 5.75. The summed E-state index contributed by atoms with van der Waals surface area (Å²) in [6.45, 7) is 2.80. The molecule has 0 aliphatic carbocycles. The number of amidine groups is 1. The van der Waals surface area contributed by atoms with E-state index in [4.69, 9.17) is 4.74 Å². The largest absolute Gasteiger partial charge is 0.378 e. The van der Waals surface area contributed by atoms with Gasteiger partial charge < -0.3 is 10.1 Å². The maximum atomic E-state index is 5.75. The average Bonchev–Trinajstić information content (AvgIpc) is 2.98. The molecule has 1 fully saturated rings. The van der Waals surface area contributed by atoms with Gasteiger partial charge in [-0.05, 0) is 31.2 Å². The van der Waals surface area contributed by atoms with Crippen molar-refractivity contribution in [2.45, 2.75) is 37.0 Å². The van der Waals surface area contributed by atoms with E-state index in [0.29, 0.717) is 11.4 Å². The minimum Gasteiger partial charge on any atom is -0.378 e. The Labute approximate surface area is 125 Å². The van der Waals surface area contributed by atoms with Crippen LogP contribution in [0.25, 0.3) is 0 Å². The van der Waals surface area contributed by atoms with E-state index in [9.17, 15) is 0 Å². The Morgan fingerprint density at radius 3 is 2.95 bits per heavy atom. The summed E-state index contributed by atoms with van der Waals surface area (Å²) in [5, 5.41) is 5.03. The van der Waals surface area contributed by atoms with Crippen LogP contribution in [0.15, 0.2) is 35.3 Å². The van der Waals surface area contributed by atoms with Gasteiger partial charge >= 0.3 is 0 Å². The summed E-state index contributed by atoms with van der Waals surface area (Å²) in [4.78, 5) is 4.60. The van der Waals surface area contributed by atoms with Gasteiger partial charge in [-0.15, -0.1) is 0 Å². The number of ether oxygens (including phenoxy) is 1. The summed E-state index contributed by atoms with van der Waals surface area (Å²) in [6, 6.07) is 10.6. The normalized spacial score (nSPS) is 26.3. The van der Waals surface area contributed by atoms with Crippen LogP contribution in [0.2, 0.25) is 0 Å². The molecule has 108 valence electrons. The summed E-state index contributed by atoms with van der Waals surface area (Å²) >= 11 is 1.85. The standard InChI is InChI=1S/C16H22N2OS/c1-2-6-13(7-3-1)15-12-18-16(20-15)17-10-9-14-8-4-5-11-19-14/h1-3,6-7,14-15H,4-5,8-12H2,(H,17,18). The second-order valence-corrected chi connectivity index (χ2v) is 6.56. The zero-order valence-corrected chi connectivity index (χ0v) is 12.6. The number of hydrogen-bond acceptors (Lipinski definition) is 4. The molecule has 0 bridgehead atoms. The van der Waals surface area contributed by atoms with E-state index in [-0.39, 0.29) is 0 Å². The predicted molar refractivity (Wildman–Crippen MR) is 85.3 cm³/mol. The molecule has 1 aromatic carbocycles. The first-order valence-corrected chi connectivity index (χ1v) is 8.41. The van der Waals surface area contributed by atoms with Gasteiger partial charge in [-0.25, -0.2) is 0 Å². The number of benzene rings is 1. The fourth-order valence-corrected chi connectivity index (χ4v) is 3.74. The Kier molecular flexibility index (Phi) is 4.98. The Morgan fingerprint density at radius 2 is 2.15 bits per heavy atom. The van der Waals surface area contributed by atoms with Gasteiger partial charge in [0.1, 0.15) is 0 Å². The maximum absolute atomic E-state index is 5.75. The third-order valence-electron chi connectivity index (χ3n) is 3.84. The third-order valence-corrected chi connectivity index (χ3v) is 5.04. The van der Waals surface area contributed by atoms with E-state index in [1.807, 2.05) is 11.8 Å². The minimum atomic E-state index is 0.452. The van der Waals surface area contributed by atoms with Crippen LogP contribution in [0.1, 0.15) is 36.5 Å². The first kappa shape index (κ1) is 14.0. The lowest BCUT2D eigenvalue weighted by Gasteiger charge is -2.22. The monoisotopic (exact) mass is 290 g/mol. The zero-order chi connectivity index (χ0) is 13.6. The van der Waals surface area contributed by atoms with Gasteiger partial charge in [0.25, 0.3) is 0 Å². The summed E-state index contributed by atoms with van der Waals surface area (Å²) in [5.74, 6) is 0. The molecule has 2 atom stereocenters. The fraction of sp³-hybridized carbons (Fsp3) is 0.562. The quantitative estimate of drug-likeness (QED) is 0.923. The first-order chi connectivity index (χ1) is 9.92. The van der Waals surface area contributed by atoms with Crippen molar-refractivity contribution < 1.29 is 4.74 Å². The second kappa shape index (κ2) is 7.14. The molecule has 20 heavy (non-hydrogen) atoms. The first-order valence-electron chi connectivity index (χ1n) is 7.53. The molecule has 3 nitrogen and oxygen atoms in total. The number of hydrogen-bond donors (Lipinski definition) is 1. The molecule has 4 heteroatoms. The Hall–Kier alpha value is -1.00. The SMILES string of the molecule is c1ccc(C2CN=C(NCCC3CCCCO3)S2)cc1. The van der Waals surface area contributed by atoms with Crippen molar-refractivity contribution in [1.82, 2.24) is 5.32 Å². The zero-order valence-electron chi connectivity index (χ0n) is 11.8. The number of rotatable bonds is 4. The van der Waals surface area contributed by atoms with E-state index in [0.717, 1.165) is 31.3 Å². The Morgan fingerprint density at radius 1 is 1.25 bits per heavy atom. The highest BCUT2D eigenvalue weighted by Gasteiger charge is 2.21. The van der Waals surface area contributed by atoms with E-state index in [2.05, 4.69) is 40.6 Å². The summed E-state index contributed by atoms with van der Waals surface area (Å²) in [6.07, 6.45) is 5.30. The molecule has 2 aliphatic rings. The van der Waals surface area contributed by atoms with Gasteiger partial charge in [-0.3, -0.25) is 4.99 Å². The maximum Gasteiger partial charge on any atom is 0.157 e. The van der Waals surface area contributed by atoms with Crippen LogP contribution in [-0.4, -0.2) is 31.0 Å². The highest BCUT2D eigenvalue weighted by molar-refractivity contribution is 8.14. The van der Waals surface area contributed by atoms with Crippen LogP contribution >= 0.6 is 11.8 Å². The second-order valence-electron chi connectivity index (χ2n) is 5.37. The molecule has 1 N–H and O–H groups in total. The molecular formula is C16H22N2OS. The van der Waals surface area contributed by atoms with Crippen molar-refractivity contribution in [3.63, 3.8) is 0 Å². The topological polar surface area (TPSA) is 33.6 Å². The van der Waals surface area contributed by atoms with Gasteiger partial charge in [0, 0.05) is 13.2 Å². The van der Waals surface area contributed by atoms with Crippen LogP contribution in [0.5, 0.6) is 0 Å². The van der Waals surface area contributed by atoms with Crippen molar-refractivity contribution in [3.8, 4) is 0 Å². The highest BCUT2D eigenvalue weighted by Crippen LogP contribution is 2.34. The number of nitrogens with zero attached hydrogens (tertiary/aromatic N) is 1.